The summed E-state index contributed by atoms with van der Waals surface area (Å²) in [5.41, 5.74) is 6.79. The molecule has 4 N–H and O–H groups in total. The standard InChI is InChI=1S/C26H34N6O2/c1-16-15-31(20-5-6-22(27)28-14-20)7-8-32(16)23-4-2-3-21(29-23)25(33)30-24-18-9-17-10-19(24)13-26(34,11-17)12-18/h2-6,14,16-19,24,34H,7-13,15H2,1H3,(H2,27,28)(H,30,33)/t16-,17?,18?,19?,24-,26-/m1/s1. The molecule has 1 amide bonds. The van der Waals surface area contributed by atoms with Crippen molar-refractivity contribution in [2.24, 2.45) is 17.8 Å². The first-order valence-electron chi connectivity index (χ1n) is 12.6. The van der Waals surface area contributed by atoms with Gasteiger partial charge in [-0.3, -0.25) is 4.79 Å². The third-order valence-electron chi connectivity index (χ3n) is 8.56. The lowest BCUT2D eigenvalue weighted by molar-refractivity contribution is -0.136. The van der Waals surface area contributed by atoms with Crippen LogP contribution < -0.4 is 20.9 Å². The summed E-state index contributed by atoms with van der Waals surface area (Å²) in [4.78, 5) is 26.8. The molecule has 1 aliphatic heterocycles. The summed E-state index contributed by atoms with van der Waals surface area (Å²) in [6.45, 7) is 4.70. The molecule has 3 heterocycles. The van der Waals surface area contributed by atoms with Gasteiger partial charge >= 0.3 is 0 Å². The van der Waals surface area contributed by atoms with Crippen molar-refractivity contribution < 1.29 is 9.90 Å². The lowest BCUT2D eigenvalue weighted by atomic mass is 9.52. The topological polar surface area (TPSA) is 108 Å². The van der Waals surface area contributed by atoms with E-state index < -0.39 is 5.60 Å². The number of hydrogen-bond donors (Lipinski definition) is 3. The molecule has 3 atom stereocenters. The third-order valence-corrected chi connectivity index (χ3v) is 8.56. The summed E-state index contributed by atoms with van der Waals surface area (Å²) in [6.07, 6.45) is 6.67. The van der Waals surface area contributed by atoms with Crippen LogP contribution in [0, 0.1) is 17.8 Å². The Morgan fingerprint density at radius 1 is 1.15 bits per heavy atom. The Bertz CT molecular complexity index is 1060. The molecule has 8 heteroatoms. The van der Waals surface area contributed by atoms with E-state index in [9.17, 15) is 9.90 Å². The van der Waals surface area contributed by atoms with E-state index in [4.69, 9.17) is 10.7 Å². The molecule has 34 heavy (non-hydrogen) atoms. The zero-order valence-corrected chi connectivity index (χ0v) is 19.7. The second-order valence-electron chi connectivity index (χ2n) is 11.0. The lowest BCUT2D eigenvalue weighted by Gasteiger charge is -2.58. The van der Waals surface area contributed by atoms with E-state index >= 15 is 0 Å². The van der Waals surface area contributed by atoms with Crippen LogP contribution in [0.1, 0.15) is 49.5 Å². The van der Waals surface area contributed by atoms with E-state index in [0.29, 0.717) is 29.3 Å². The molecule has 0 radical (unpaired) electrons. The van der Waals surface area contributed by atoms with E-state index in [-0.39, 0.29) is 18.0 Å². The first-order valence-corrected chi connectivity index (χ1v) is 12.6. The molecule has 8 nitrogen and oxygen atoms in total. The fraction of sp³-hybridized carbons (Fsp3) is 0.577. The minimum Gasteiger partial charge on any atom is -0.390 e. The van der Waals surface area contributed by atoms with Crippen molar-refractivity contribution in [1.29, 1.82) is 0 Å². The number of carbonyl (C=O) groups excluding carboxylic acids is 1. The highest BCUT2D eigenvalue weighted by Gasteiger charge is 2.55. The van der Waals surface area contributed by atoms with Gasteiger partial charge < -0.3 is 26.0 Å². The number of nitrogens with zero attached hydrogens (tertiary/aromatic N) is 4. The zero-order valence-electron chi connectivity index (χ0n) is 19.7. The smallest absolute Gasteiger partial charge is 0.270 e. The molecule has 0 spiro atoms. The number of rotatable bonds is 4. The van der Waals surface area contributed by atoms with Crippen LogP contribution in [-0.2, 0) is 0 Å². The van der Waals surface area contributed by atoms with E-state index in [2.05, 4.69) is 27.0 Å². The summed E-state index contributed by atoms with van der Waals surface area (Å²) >= 11 is 0. The van der Waals surface area contributed by atoms with Gasteiger partial charge in [-0.05, 0) is 81.0 Å². The summed E-state index contributed by atoms with van der Waals surface area (Å²) < 4.78 is 0. The van der Waals surface area contributed by atoms with Gasteiger partial charge in [0.05, 0.1) is 17.5 Å². The van der Waals surface area contributed by atoms with E-state index in [1.54, 1.807) is 0 Å². The molecule has 5 aliphatic rings. The molecular formula is C26H34N6O2. The number of piperazine rings is 1. The Balaban J connectivity index is 1.13. The molecule has 2 aromatic heterocycles. The number of nitrogens with two attached hydrogens (primary N) is 1. The van der Waals surface area contributed by atoms with Crippen LogP contribution in [0.15, 0.2) is 36.5 Å². The number of aliphatic hydroxyl groups is 1. The van der Waals surface area contributed by atoms with Crippen molar-refractivity contribution in [1.82, 2.24) is 15.3 Å². The SMILES string of the molecule is C[C@@H]1CN(c2ccc(N)nc2)CCN1c1cccc(C(=O)N[C@H]2C3CC4CC2C[C@](O)(C4)C3)n1. The van der Waals surface area contributed by atoms with Gasteiger partial charge in [-0.2, -0.15) is 0 Å². The molecule has 4 saturated carbocycles. The third kappa shape index (κ3) is 3.87. The Kier molecular flexibility index (Phi) is 5.17. The fourth-order valence-electron chi connectivity index (χ4n) is 7.27. The summed E-state index contributed by atoms with van der Waals surface area (Å²) in [5, 5.41) is 14.2. The van der Waals surface area contributed by atoms with Crippen molar-refractivity contribution in [2.75, 3.05) is 35.2 Å². The first-order chi connectivity index (χ1) is 16.4. The Morgan fingerprint density at radius 3 is 2.62 bits per heavy atom. The summed E-state index contributed by atoms with van der Waals surface area (Å²) in [7, 11) is 0. The minimum atomic E-state index is -0.489. The molecule has 4 aliphatic carbocycles. The summed E-state index contributed by atoms with van der Waals surface area (Å²) in [6, 6.07) is 9.97. The Hall–Kier alpha value is -2.87. The van der Waals surface area contributed by atoms with Gasteiger partial charge in [-0.25, -0.2) is 9.97 Å². The van der Waals surface area contributed by atoms with Crippen LogP contribution in [-0.4, -0.2) is 58.3 Å². The van der Waals surface area contributed by atoms with E-state index in [0.717, 1.165) is 63.2 Å². The van der Waals surface area contributed by atoms with Crippen molar-refractivity contribution in [3.63, 3.8) is 0 Å². The zero-order chi connectivity index (χ0) is 23.4. The van der Waals surface area contributed by atoms with Crippen molar-refractivity contribution in [3.05, 3.63) is 42.2 Å². The van der Waals surface area contributed by atoms with Gasteiger partial charge in [-0.1, -0.05) is 6.07 Å². The molecule has 2 unspecified atom stereocenters. The number of aromatic nitrogens is 2. The number of anilines is 3. The number of amides is 1. The molecule has 2 aromatic rings. The van der Waals surface area contributed by atoms with Crippen molar-refractivity contribution in [3.8, 4) is 0 Å². The Labute approximate surface area is 200 Å². The molecule has 1 saturated heterocycles. The van der Waals surface area contributed by atoms with Gasteiger partial charge in [0.25, 0.3) is 5.91 Å². The van der Waals surface area contributed by atoms with Crippen molar-refractivity contribution in [2.45, 2.75) is 56.7 Å². The highest BCUT2D eigenvalue weighted by atomic mass is 16.3. The maximum atomic E-state index is 13.2. The largest absolute Gasteiger partial charge is 0.390 e. The molecule has 0 aromatic carbocycles. The molecule has 5 fully saturated rings. The van der Waals surface area contributed by atoms with Gasteiger partial charge in [0.1, 0.15) is 17.3 Å². The number of nitrogen functional groups attached to an aromatic ring is 1. The number of pyridine rings is 2. The Morgan fingerprint density at radius 2 is 1.94 bits per heavy atom. The minimum absolute atomic E-state index is 0.0921. The van der Waals surface area contributed by atoms with Gasteiger partial charge in [0.15, 0.2) is 0 Å². The highest BCUT2D eigenvalue weighted by Crippen LogP contribution is 2.55. The lowest BCUT2D eigenvalue weighted by Crippen LogP contribution is -2.61. The normalized spacial score (nSPS) is 34.4. The quantitative estimate of drug-likeness (QED) is 0.641. The average molecular weight is 463 g/mol. The molecule has 180 valence electrons. The van der Waals surface area contributed by atoms with Crippen LogP contribution in [0.25, 0.3) is 0 Å². The van der Waals surface area contributed by atoms with E-state index in [1.165, 1.54) is 0 Å². The summed E-state index contributed by atoms with van der Waals surface area (Å²) in [5.74, 6) is 2.68. The van der Waals surface area contributed by atoms with Crippen molar-refractivity contribution >= 4 is 23.2 Å². The highest BCUT2D eigenvalue weighted by molar-refractivity contribution is 5.93. The van der Waals surface area contributed by atoms with Gasteiger partial charge in [-0.15, -0.1) is 0 Å². The second kappa shape index (κ2) is 8.12. The molecular weight excluding hydrogens is 428 g/mol. The first kappa shape index (κ1) is 21.6. The molecule has 7 rings (SSSR count). The average Bonchev–Trinajstić information content (AvgIpc) is 2.81. The number of hydrogen-bond acceptors (Lipinski definition) is 7. The monoisotopic (exact) mass is 462 g/mol. The number of nitrogens with one attached hydrogen (secondary N) is 1. The van der Waals surface area contributed by atoms with E-state index in [1.807, 2.05) is 36.5 Å². The van der Waals surface area contributed by atoms with Crippen LogP contribution in [0.5, 0.6) is 0 Å². The van der Waals surface area contributed by atoms with Crippen LogP contribution in [0.3, 0.4) is 0 Å². The fourth-order valence-corrected chi connectivity index (χ4v) is 7.27. The van der Waals surface area contributed by atoms with Gasteiger partial charge in [0, 0.05) is 31.7 Å². The molecule has 4 bridgehead atoms. The predicted molar refractivity (Wildman–Crippen MR) is 132 cm³/mol. The van der Waals surface area contributed by atoms with Crippen LogP contribution >= 0.6 is 0 Å². The maximum Gasteiger partial charge on any atom is 0.270 e. The number of carbonyl (C=O) groups is 1. The van der Waals surface area contributed by atoms with Crippen LogP contribution in [0.4, 0.5) is 17.3 Å². The predicted octanol–water partition coefficient (Wildman–Crippen LogP) is 2.44. The second-order valence-corrected chi connectivity index (χ2v) is 11.0. The van der Waals surface area contributed by atoms with Crippen LogP contribution in [0.2, 0.25) is 0 Å². The van der Waals surface area contributed by atoms with Gasteiger partial charge in [0.2, 0.25) is 0 Å². The maximum absolute atomic E-state index is 13.2.